The van der Waals surface area contributed by atoms with Crippen LogP contribution in [0.15, 0.2) is 12.2 Å². The number of esters is 2. The average Bonchev–Trinajstić information content (AvgIpc) is 3.05. The van der Waals surface area contributed by atoms with E-state index in [1.165, 1.54) is 135 Å². The predicted octanol–water partition coefficient (Wildman–Crippen LogP) is 11.8. The van der Waals surface area contributed by atoms with Crippen molar-refractivity contribution in [3.63, 3.8) is 0 Å². The van der Waals surface area contributed by atoms with Crippen molar-refractivity contribution in [3.05, 3.63) is 12.2 Å². The molecule has 2 N–H and O–H groups in total. The van der Waals surface area contributed by atoms with Crippen LogP contribution in [-0.2, 0) is 28.2 Å². The number of ether oxygens (including phenoxy) is 2. The van der Waals surface area contributed by atoms with Crippen LogP contribution in [0.2, 0.25) is 0 Å². The number of unbranched alkanes of at least 4 members (excludes halogenated alkanes) is 25. The molecule has 8 nitrogen and oxygen atoms in total. The third-order valence-corrected chi connectivity index (χ3v) is 9.27. The quantitative estimate of drug-likeness (QED) is 0.0284. The highest BCUT2D eigenvalue weighted by Gasteiger charge is 2.22. The van der Waals surface area contributed by atoms with Gasteiger partial charge in [0.05, 0.1) is 6.61 Å². The van der Waals surface area contributed by atoms with E-state index in [1.807, 2.05) is 0 Å². The molecule has 0 aliphatic carbocycles. The fourth-order valence-electron chi connectivity index (χ4n) is 5.78. The summed E-state index contributed by atoms with van der Waals surface area (Å²) < 4.78 is 26.3. The van der Waals surface area contributed by atoms with Crippen LogP contribution in [0.4, 0.5) is 0 Å². The number of carbonyl (C=O) groups excluding carboxylic acids is 2. The Hall–Kier alpha value is -1.21. The van der Waals surface area contributed by atoms with Crippen molar-refractivity contribution < 1.29 is 37.9 Å². The Morgan fingerprint density at radius 1 is 0.521 bits per heavy atom. The maximum Gasteiger partial charge on any atom is 0.469 e. The van der Waals surface area contributed by atoms with Gasteiger partial charge in [-0.05, 0) is 38.5 Å². The summed E-state index contributed by atoms with van der Waals surface area (Å²) in [6, 6.07) is 0. The number of phosphoric ester groups is 1. The van der Waals surface area contributed by atoms with Gasteiger partial charge in [-0.15, -0.1) is 0 Å². The number of carbonyl (C=O) groups is 2. The van der Waals surface area contributed by atoms with Crippen LogP contribution in [-0.4, -0.2) is 41.0 Å². The van der Waals surface area contributed by atoms with Crippen LogP contribution in [0.5, 0.6) is 0 Å². The van der Waals surface area contributed by atoms with Gasteiger partial charge in [0, 0.05) is 12.8 Å². The highest BCUT2D eigenvalue weighted by molar-refractivity contribution is 7.46. The SMILES string of the molecule is CCCCCCCC/C=C\CCCCCCCCCCCC(=O)OC(COC(=O)CCCCCCCCCCCCC)COP(=O)(O)O. The third-order valence-electron chi connectivity index (χ3n) is 8.78. The van der Waals surface area contributed by atoms with Crippen LogP contribution in [0.3, 0.4) is 0 Å². The van der Waals surface area contributed by atoms with E-state index in [4.69, 9.17) is 19.3 Å². The zero-order chi connectivity index (χ0) is 35.4. The van der Waals surface area contributed by atoms with Gasteiger partial charge in [-0.2, -0.15) is 0 Å². The molecule has 0 heterocycles. The summed E-state index contributed by atoms with van der Waals surface area (Å²) in [5.74, 6) is -0.879. The first-order chi connectivity index (χ1) is 23.3. The summed E-state index contributed by atoms with van der Waals surface area (Å²) in [6.07, 6.45) is 37.9. The van der Waals surface area contributed by atoms with Gasteiger partial charge in [0.2, 0.25) is 0 Å². The summed E-state index contributed by atoms with van der Waals surface area (Å²) in [6.45, 7) is 3.68. The van der Waals surface area contributed by atoms with Gasteiger partial charge < -0.3 is 19.3 Å². The second-order valence-electron chi connectivity index (χ2n) is 13.6. The zero-order valence-electron chi connectivity index (χ0n) is 31.2. The summed E-state index contributed by atoms with van der Waals surface area (Å²) >= 11 is 0. The first kappa shape index (κ1) is 46.8. The maximum atomic E-state index is 12.4. The van der Waals surface area contributed by atoms with Gasteiger partial charge in [0.1, 0.15) is 6.61 Å². The molecule has 0 fully saturated rings. The maximum absolute atomic E-state index is 12.4. The lowest BCUT2D eigenvalue weighted by atomic mass is 10.1. The van der Waals surface area contributed by atoms with Crippen molar-refractivity contribution in [1.82, 2.24) is 0 Å². The number of rotatable bonds is 37. The summed E-state index contributed by atoms with van der Waals surface area (Å²) in [5, 5.41) is 0. The van der Waals surface area contributed by atoms with Crippen LogP contribution in [0.25, 0.3) is 0 Å². The first-order valence-electron chi connectivity index (χ1n) is 20.0. The summed E-state index contributed by atoms with van der Waals surface area (Å²) in [7, 11) is -4.74. The van der Waals surface area contributed by atoms with E-state index in [-0.39, 0.29) is 19.4 Å². The summed E-state index contributed by atoms with van der Waals surface area (Å²) in [5.41, 5.74) is 0. The van der Waals surface area contributed by atoms with Gasteiger partial charge in [-0.3, -0.25) is 14.1 Å². The van der Waals surface area contributed by atoms with Gasteiger partial charge in [-0.1, -0.05) is 167 Å². The van der Waals surface area contributed by atoms with Crippen LogP contribution in [0, 0.1) is 0 Å². The first-order valence-corrected chi connectivity index (χ1v) is 21.5. The number of allylic oxidation sites excluding steroid dienone is 2. The van der Waals surface area contributed by atoms with Gasteiger partial charge in [-0.25, -0.2) is 4.57 Å². The van der Waals surface area contributed by atoms with E-state index in [0.29, 0.717) is 6.42 Å². The van der Waals surface area contributed by atoms with Gasteiger partial charge >= 0.3 is 19.8 Å². The van der Waals surface area contributed by atoms with E-state index in [0.717, 1.165) is 38.5 Å². The monoisotopic (exact) mass is 703 g/mol. The Labute approximate surface area is 295 Å². The Morgan fingerprint density at radius 2 is 0.875 bits per heavy atom. The Balaban J connectivity index is 3.88. The molecule has 1 unspecified atom stereocenters. The van der Waals surface area contributed by atoms with E-state index in [2.05, 4.69) is 30.5 Å². The Morgan fingerprint density at radius 3 is 1.27 bits per heavy atom. The lowest BCUT2D eigenvalue weighted by Gasteiger charge is -2.18. The lowest BCUT2D eigenvalue weighted by molar-refractivity contribution is -0.161. The number of phosphoric acid groups is 1. The molecule has 0 saturated heterocycles. The number of hydrogen-bond acceptors (Lipinski definition) is 6. The largest absolute Gasteiger partial charge is 0.469 e. The predicted molar refractivity (Wildman–Crippen MR) is 198 cm³/mol. The molecular weight excluding hydrogens is 627 g/mol. The van der Waals surface area contributed by atoms with Crippen LogP contribution < -0.4 is 0 Å². The Bertz CT molecular complexity index is 797. The molecule has 9 heteroatoms. The van der Waals surface area contributed by atoms with Crippen LogP contribution in [0.1, 0.15) is 206 Å². The molecule has 0 aromatic rings. The molecule has 0 amide bonds. The van der Waals surface area contributed by atoms with Crippen molar-refractivity contribution in [2.45, 2.75) is 213 Å². The minimum absolute atomic E-state index is 0.214. The highest BCUT2D eigenvalue weighted by Crippen LogP contribution is 2.36. The average molecular weight is 703 g/mol. The zero-order valence-corrected chi connectivity index (χ0v) is 32.0. The number of hydrogen-bond donors (Lipinski definition) is 2. The van der Waals surface area contributed by atoms with Crippen molar-refractivity contribution in [1.29, 1.82) is 0 Å². The molecular formula is C39H75O8P. The lowest BCUT2D eigenvalue weighted by Crippen LogP contribution is -2.29. The molecule has 0 spiro atoms. The second-order valence-corrected chi connectivity index (χ2v) is 14.9. The molecule has 284 valence electrons. The Kier molecular flexibility index (Phi) is 34.7. The molecule has 1 atom stereocenters. The van der Waals surface area contributed by atoms with Crippen molar-refractivity contribution in [2.24, 2.45) is 0 Å². The minimum Gasteiger partial charge on any atom is -0.462 e. The van der Waals surface area contributed by atoms with Crippen molar-refractivity contribution in [3.8, 4) is 0 Å². The minimum atomic E-state index is -4.74. The van der Waals surface area contributed by atoms with Gasteiger partial charge in [0.25, 0.3) is 0 Å². The normalized spacial score (nSPS) is 12.5. The van der Waals surface area contributed by atoms with E-state index in [9.17, 15) is 14.2 Å². The molecule has 0 saturated carbocycles. The molecule has 0 rings (SSSR count). The second kappa shape index (κ2) is 35.6. The van der Waals surface area contributed by atoms with Gasteiger partial charge in [0.15, 0.2) is 6.10 Å². The molecule has 0 bridgehead atoms. The fraction of sp³-hybridized carbons (Fsp3) is 0.897. The highest BCUT2D eigenvalue weighted by atomic mass is 31.2. The van der Waals surface area contributed by atoms with Crippen LogP contribution >= 0.6 is 7.82 Å². The third kappa shape index (κ3) is 37.6. The molecule has 0 aliphatic heterocycles. The molecule has 0 aliphatic rings. The van der Waals surface area contributed by atoms with E-state index < -0.39 is 32.5 Å². The molecule has 0 aromatic heterocycles. The smallest absolute Gasteiger partial charge is 0.462 e. The molecule has 0 aromatic carbocycles. The molecule has 48 heavy (non-hydrogen) atoms. The fourth-order valence-corrected chi connectivity index (χ4v) is 6.14. The van der Waals surface area contributed by atoms with E-state index in [1.54, 1.807) is 0 Å². The standard InChI is InChI=1S/C39H75O8P/c1-3-5-7-9-11-13-15-16-17-18-19-20-21-22-24-26-28-30-32-34-39(41)47-37(36-46-48(42,43)44)35-45-38(40)33-31-29-27-25-23-14-12-10-8-6-4-2/h16-17,37H,3-15,18-36H2,1-2H3,(H2,42,43,44)/b17-16-. The van der Waals surface area contributed by atoms with E-state index >= 15 is 0 Å². The van der Waals surface area contributed by atoms with Crippen molar-refractivity contribution in [2.75, 3.05) is 13.2 Å². The topological polar surface area (TPSA) is 119 Å². The molecule has 0 radical (unpaired) electrons. The summed E-state index contributed by atoms with van der Waals surface area (Å²) in [4.78, 5) is 42.7. The van der Waals surface area contributed by atoms with Crippen molar-refractivity contribution >= 4 is 19.8 Å².